The Bertz CT molecular complexity index is 192. The molecule has 0 aliphatic carbocycles. The first-order valence-electron chi connectivity index (χ1n) is 4.81. The molecule has 13 heavy (non-hydrogen) atoms. The second-order valence-corrected chi connectivity index (χ2v) is 3.92. The van der Waals surface area contributed by atoms with E-state index in [1.165, 1.54) is 0 Å². The molecule has 1 heterocycles. The van der Waals surface area contributed by atoms with E-state index in [1.807, 2.05) is 0 Å². The Kier molecular flexibility index (Phi) is 3.27. The number of morpholine rings is 1. The summed E-state index contributed by atoms with van der Waals surface area (Å²) in [4.78, 5) is 11.2. The fourth-order valence-corrected chi connectivity index (χ4v) is 1.97. The molecule has 4 nitrogen and oxygen atoms in total. The molecule has 0 saturated carbocycles. The molecule has 0 aromatic heterocycles. The number of hydrogen-bond acceptors (Lipinski definition) is 2. The Balaban J connectivity index is 2.70. The van der Waals surface area contributed by atoms with Crippen LogP contribution in [-0.4, -0.2) is 49.8 Å². The van der Waals surface area contributed by atoms with Crippen molar-refractivity contribution in [3.8, 4) is 0 Å². The molecule has 4 heteroatoms. The van der Waals surface area contributed by atoms with Gasteiger partial charge in [-0.15, -0.1) is 0 Å². The first-order valence-corrected chi connectivity index (χ1v) is 4.81. The summed E-state index contributed by atoms with van der Waals surface area (Å²) in [6, 6.07) is -0.159. The summed E-state index contributed by atoms with van der Waals surface area (Å²) in [5, 5.41) is 0. The summed E-state index contributed by atoms with van der Waals surface area (Å²) in [6.45, 7) is 5.22. The van der Waals surface area contributed by atoms with E-state index in [1.54, 1.807) is 0 Å². The minimum Gasteiger partial charge on any atom is -0.369 e. The number of nitrogens with two attached hydrogens (primary N) is 1. The van der Waals surface area contributed by atoms with E-state index in [0.717, 1.165) is 30.6 Å². The topological polar surface area (TPSA) is 52.3 Å². The lowest BCUT2D eigenvalue weighted by Gasteiger charge is -2.42. The number of hydrogen-bond donors (Lipinski definition) is 1. The van der Waals surface area contributed by atoms with Crippen LogP contribution in [0.15, 0.2) is 0 Å². The zero-order valence-corrected chi connectivity index (χ0v) is 8.45. The lowest BCUT2D eigenvalue weighted by Crippen LogP contribution is -2.63. The van der Waals surface area contributed by atoms with Crippen molar-refractivity contribution in [1.82, 2.24) is 0 Å². The summed E-state index contributed by atoms with van der Waals surface area (Å²) < 4.78 is 6.01. The van der Waals surface area contributed by atoms with Crippen molar-refractivity contribution in [1.29, 1.82) is 0 Å². The minimum absolute atomic E-state index is 0.159. The summed E-state index contributed by atoms with van der Waals surface area (Å²) in [7, 11) is 2.08. The molecule has 1 fully saturated rings. The Morgan fingerprint density at radius 1 is 1.69 bits per heavy atom. The summed E-state index contributed by atoms with van der Waals surface area (Å²) in [5.41, 5.74) is 5.34. The molecule has 76 valence electrons. The molecule has 1 aliphatic rings. The first-order chi connectivity index (χ1) is 6.10. The lowest BCUT2D eigenvalue weighted by molar-refractivity contribution is -0.932. The van der Waals surface area contributed by atoms with Gasteiger partial charge in [0.05, 0.1) is 20.2 Å². The highest BCUT2D eigenvalue weighted by Crippen LogP contribution is 2.16. The van der Waals surface area contributed by atoms with E-state index >= 15 is 0 Å². The maximum Gasteiger partial charge on any atom is 0.278 e. The van der Waals surface area contributed by atoms with Crippen LogP contribution in [0.3, 0.4) is 0 Å². The number of amides is 1. The van der Waals surface area contributed by atoms with E-state index in [-0.39, 0.29) is 11.9 Å². The number of rotatable bonds is 3. The normalized spacial score (nSPS) is 34.5. The lowest BCUT2D eigenvalue weighted by atomic mass is 10.1. The molecule has 2 unspecified atom stereocenters. The zero-order chi connectivity index (χ0) is 9.90. The number of ether oxygens (including phenoxy) is 1. The van der Waals surface area contributed by atoms with Crippen LogP contribution in [0.4, 0.5) is 0 Å². The highest BCUT2D eigenvalue weighted by Gasteiger charge is 2.39. The quantitative estimate of drug-likeness (QED) is 0.618. The highest BCUT2D eigenvalue weighted by molar-refractivity contribution is 5.78. The summed E-state index contributed by atoms with van der Waals surface area (Å²) >= 11 is 0. The van der Waals surface area contributed by atoms with Gasteiger partial charge in [-0.25, -0.2) is 0 Å². The van der Waals surface area contributed by atoms with Crippen molar-refractivity contribution in [2.24, 2.45) is 5.73 Å². The van der Waals surface area contributed by atoms with Crippen LogP contribution in [0.5, 0.6) is 0 Å². The second-order valence-electron chi connectivity index (χ2n) is 3.92. The van der Waals surface area contributed by atoms with Crippen LogP contribution in [0.2, 0.25) is 0 Å². The SMILES string of the molecule is CCC[N+]1(C)CCOCC1C(N)=O. The Morgan fingerprint density at radius 2 is 2.38 bits per heavy atom. The third-order valence-corrected chi connectivity index (χ3v) is 2.84. The molecule has 1 aliphatic heterocycles. The first kappa shape index (κ1) is 10.5. The van der Waals surface area contributed by atoms with Crippen LogP contribution in [0.1, 0.15) is 13.3 Å². The monoisotopic (exact) mass is 187 g/mol. The number of likely N-dealkylation sites (N-methyl/N-ethyl adjacent to an activating group) is 1. The molecule has 1 amide bonds. The Hall–Kier alpha value is -0.610. The van der Waals surface area contributed by atoms with Gasteiger partial charge in [0, 0.05) is 0 Å². The van der Waals surface area contributed by atoms with Crippen molar-refractivity contribution in [3.63, 3.8) is 0 Å². The van der Waals surface area contributed by atoms with Gasteiger partial charge < -0.3 is 15.0 Å². The van der Waals surface area contributed by atoms with Gasteiger partial charge in [0.25, 0.3) is 5.91 Å². The smallest absolute Gasteiger partial charge is 0.278 e. The molecule has 0 radical (unpaired) electrons. The second kappa shape index (κ2) is 4.07. The predicted octanol–water partition coefficient (Wildman–Crippen LogP) is -0.273. The average Bonchev–Trinajstić information content (AvgIpc) is 2.04. The molecule has 0 spiro atoms. The van der Waals surface area contributed by atoms with Gasteiger partial charge in [-0.05, 0) is 6.42 Å². The van der Waals surface area contributed by atoms with Crippen LogP contribution in [0, 0.1) is 0 Å². The molecular formula is C9H19N2O2+. The van der Waals surface area contributed by atoms with Crippen molar-refractivity contribution in [3.05, 3.63) is 0 Å². The molecular weight excluding hydrogens is 168 g/mol. The zero-order valence-electron chi connectivity index (χ0n) is 8.45. The molecule has 2 N–H and O–H groups in total. The van der Waals surface area contributed by atoms with Gasteiger partial charge in [0.2, 0.25) is 0 Å². The van der Waals surface area contributed by atoms with E-state index in [9.17, 15) is 4.79 Å². The van der Waals surface area contributed by atoms with Crippen LogP contribution in [0.25, 0.3) is 0 Å². The number of carbonyl (C=O) groups is 1. The van der Waals surface area contributed by atoms with Gasteiger partial charge >= 0.3 is 0 Å². The standard InChI is InChI=1S/C9H18N2O2/c1-3-4-11(2)5-6-13-7-8(11)9(10)12/h8H,3-7H2,1-2H3,(H-,10,12)/p+1. The van der Waals surface area contributed by atoms with Gasteiger partial charge in [0.1, 0.15) is 13.2 Å². The van der Waals surface area contributed by atoms with E-state index in [2.05, 4.69) is 14.0 Å². The van der Waals surface area contributed by atoms with Crippen molar-refractivity contribution < 1.29 is 14.0 Å². The summed E-state index contributed by atoms with van der Waals surface area (Å²) in [6.07, 6.45) is 1.07. The minimum atomic E-state index is -0.240. The van der Waals surface area contributed by atoms with Gasteiger partial charge in [-0.3, -0.25) is 4.79 Å². The van der Waals surface area contributed by atoms with Gasteiger partial charge in [0.15, 0.2) is 6.04 Å². The summed E-state index contributed by atoms with van der Waals surface area (Å²) in [5.74, 6) is -0.240. The number of primary amides is 1. The van der Waals surface area contributed by atoms with E-state index < -0.39 is 0 Å². The fourth-order valence-electron chi connectivity index (χ4n) is 1.97. The third kappa shape index (κ3) is 2.19. The van der Waals surface area contributed by atoms with Crippen LogP contribution in [-0.2, 0) is 9.53 Å². The maximum atomic E-state index is 11.2. The fraction of sp³-hybridized carbons (Fsp3) is 0.889. The largest absolute Gasteiger partial charge is 0.369 e. The Morgan fingerprint density at radius 3 is 2.92 bits per heavy atom. The molecule has 1 rings (SSSR count). The maximum absolute atomic E-state index is 11.2. The molecule has 0 bridgehead atoms. The molecule has 0 aromatic carbocycles. The molecule has 2 atom stereocenters. The van der Waals surface area contributed by atoms with Crippen LogP contribution < -0.4 is 5.73 Å². The number of nitrogens with zero attached hydrogens (tertiary/aromatic N) is 1. The highest BCUT2D eigenvalue weighted by atomic mass is 16.5. The van der Waals surface area contributed by atoms with Crippen molar-refractivity contribution in [2.75, 3.05) is 33.4 Å². The van der Waals surface area contributed by atoms with Crippen molar-refractivity contribution >= 4 is 5.91 Å². The molecule has 0 aromatic rings. The molecule has 1 saturated heterocycles. The van der Waals surface area contributed by atoms with E-state index in [0.29, 0.717) is 6.61 Å². The average molecular weight is 187 g/mol. The van der Waals surface area contributed by atoms with E-state index in [4.69, 9.17) is 10.5 Å². The van der Waals surface area contributed by atoms with Gasteiger partial charge in [-0.2, -0.15) is 0 Å². The van der Waals surface area contributed by atoms with Gasteiger partial charge in [-0.1, -0.05) is 6.92 Å². The van der Waals surface area contributed by atoms with Crippen molar-refractivity contribution in [2.45, 2.75) is 19.4 Å². The number of quaternary nitrogens is 1. The predicted molar refractivity (Wildman–Crippen MR) is 50.0 cm³/mol. The number of carbonyl (C=O) groups excluding carboxylic acids is 1. The van der Waals surface area contributed by atoms with Crippen LogP contribution >= 0.6 is 0 Å². The third-order valence-electron chi connectivity index (χ3n) is 2.84. The Labute approximate surface area is 79.2 Å².